The Labute approximate surface area is 254 Å². The molecule has 42 heavy (non-hydrogen) atoms. The van der Waals surface area contributed by atoms with Crippen LogP contribution in [-0.2, 0) is 15.3 Å². The Morgan fingerprint density at radius 1 is 1.00 bits per heavy atom. The number of Topliss-reactive ketones (excluding diaryl/α,β-unsaturated/α-hetero) is 1. The average Bonchev–Trinajstić information content (AvgIpc) is 3.58. The Bertz CT molecular complexity index is 1570. The molecule has 0 aliphatic carbocycles. The van der Waals surface area contributed by atoms with Gasteiger partial charge in [-0.3, -0.25) is 14.5 Å². The molecule has 9 heteroatoms. The molecule has 2 heterocycles. The molecule has 0 spiro atoms. The maximum absolute atomic E-state index is 13.5. The van der Waals surface area contributed by atoms with Gasteiger partial charge < -0.3 is 9.84 Å². The second-order valence-electron chi connectivity index (χ2n) is 10.3. The van der Waals surface area contributed by atoms with E-state index in [1.165, 1.54) is 28.0 Å². The number of unbranched alkanes of at least 4 members (excludes halogenated alkanes) is 1. The highest BCUT2D eigenvalue weighted by Gasteiger charge is 2.48. The number of aliphatic hydroxyl groups excluding tert-OH is 1. The molecule has 1 aliphatic rings. The Balaban J connectivity index is 1.50. The van der Waals surface area contributed by atoms with Crippen LogP contribution in [0.25, 0.3) is 5.76 Å². The standard InChI is InChI=1S/C33H33N3O4S2/c1-4-5-19-40-26-17-15-25(16-18-26)29(37)27-28(24-13-11-23(12-14-24)21(2)3)36(31(39)30(27)38)32-34-35-33(42-32)41-20-22-9-7-6-8-10-22/h6-18,21,28,37H,4-5,19-20H2,1-3H3/b29-27+. The van der Waals surface area contributed by atoms with Crippen molar-refractivity contribution in [1.82, 2.24) is 10.2 Å². The van der Waals surface area contributed by atoms with E-state index in [-0.39, 0.29) is 11.3 Å². The van der Waals surface area contributed by atoms with Crippen LogP contribution < -0.4 is 9.64 Å². The van der Waals surface area contributed by atoms with Crippen molar-refractivity contribution in [2.24, 2.45) is 0 Å². The van der Waals surface area contributed by atoms with E-state index in [2.05, 4.69) is 31.0 Å². The van der Waals surface area contributed by atoms with Crippen molar-refractivity contribution in [3.63, 3.8) is 0 Å². The predicted molar refractivity (Wildman–Crippen MR) is 168 cm³/mol. The number of rotatable bonds is 11. The molecule has 3 aromatic carbocycles. The summed E-state index contributed by atoms with van der Waals surface area (Å²) in [6, 6.07) is 23.9. The van der Waals surface area contributed by atoms with Gasteiger partial charge in [0.05, 0.1) is 18.2 Å². The number of amides is 1. The lowest BCUT2D eigenvalue weighted by Crippen LogP contribution is -2.29. The molecule has 1 unspecified atom stereocenters. The summed E-state index contributed by atoms with van der Waals surface area (Å²) < 4.78 is 6.43. The minimum absolute atomic E-state index is 0.0191. The zero-order chi connectivity index (χ0) is 29.6. The van der Waals surface area contributed by atoms with E-state index in [0.29, 0.717) is 44.6 Å². The fourth-order valence-corrected chi connectivity index (χ4v) is 6.51. The Kier molecular flexibility index (Phi) is 9.39. The average molecular weight is 600 g/mol. The molecule has 1 atom stereocenters. The summed E-state index contributed by atoms with van der Waals surface area (Å²) >= 11 is 2.77. The number of hydrogen-bond donors (Lipinski definition) is 1. The zero-order valence-electron chi connectivity index (χ0n) is 23.8. The van der Waals surface area contributed by atoms with Crippen LogP contribution in [0.2, 0.25) is 0 Å². The SMILES string of the molecule is CCCCOc1ccc(/C(O)=C2\C(=O)C(=O)N(c3nnc(SCc4ccccc4)s3)C2c2ccc(C(C)C)cc2)cc1. The van der Waals surface area contributed by atoms with Gasteiger partial charge in [0.1, 0.15) is 11.5 Å². The van der Waals surface area contributed by atoms with Crippen molar-refractivity contribution in [3.05, 3.63) is 107 Å². The van der Waals surface area contributed by atoms with Gasteiger partial charge >= 0.3 is 5.91 Å². The molecule has 216 valence electrons. The van der Waals surface area contributed by atoms with E-state index in [1.807, 2.05) is 54.6 Å². The third-order valence-corrected chi connectivity index (χ3v) is 9.19. The second-order valence-corrected chi connectivity index (χ2v) is 12.5. The monoisotopic (exact) mass is 599 g/mol. The molecule has 7 nitrogen and oxygen atoms in total. The van der Waals surface area contributed by atoms with Gasteiger partial charge in [-0.1, -0.05) is 105 Å². The Morgan fingerprint density at radius 3 is 2.38 bits per heavy atom. The summed E-state index contributed by atoms with van der Waals surface area (Å²) in [5.41, 5.74) is 3.42. The van der Waals surface area contributed by atoms with Crippen molar-refractivity contribution >= 4 is 45.7 Å². The fourth-order valence-electron chi connectivity index (χ4n) is 4.68. The number of carbonyl (C=O) groups is 2. The molecule has 0 bridgehead atoms. The summed E-state index contributed by atoms with van der Waals surface area (Å²) in [6.45, 7) is 6.91. The van der Waals surface area contributed by atoms with Crippen LogP contribution in [0.15, 0.2) is 88.8 Å². The van der Waals surface area contributed by atoms with Gasteiger partial charge in [-0.25, -0.2) is 0 Å². The van der Waals surface area contributed by atoms with Crippen molar-refractivity contribution in [2.45, 2.75) is 55.7 Å². The van der Waals surface area contributed by atoms with E-state index >= 15 is 0 Å². The molecule has 1 N–H and O–H groups in total. The minimum Gasteiger partial charge on any atom is -0.507 e. The number of benzene rings is 3. The van der Waals surface area contributed by atoms with Crippen molar-refractivity contribution < 1.29 is 19.4 Å². The van der Waals surface area contributed by atoms with Gasteiger partial charge in [-0.15, -0.1) is 10.2 Å². The van der Waals surface area contributed by atoms with Gasteiger partial charge in [0.15, 0.2) is 4.34 Å². The van der Waals surface area contributed by atoms with E-state index in [9.17, 15) is 14.7 Å². The third kappa shape index (κ3) is 6.42. The van der Waals surface area contributed by atoms with E-state index in [0.717, 1.165) is 24.0 Å². The van der Waals surface area contributed by atoms with Crippen LogP contribution in [0, 0.1) is 0 Å². The smallest absolute Gasteiger partial charge is 0.301 e. The van der Waals surface area contributed by atoms with Crippen LogP contribution in [0.1, 0.15) is 67.8 Å². The lowest BCUT2D eigenvalue weighted by atomic mass is 9.93. The van der Waals surface area contributed by atoms with E-state index < -0.39 is 17.7 Å². The van der Waals surface area contributed by atoms with Crippen LogP contribution in [0.3, 0.4) is 0 Å². The van der Waals surface area contributed by atoms with Gasteiger partial charge in [0, 0.05) is 11.3 Å². The van der Waals surface area contributed by atoms with Gasteiger partial charge in [0.25, 0.3) is 5.78 Å². The normalized spacial score (nSPS) is 16.4. The van der Waals surface area contributed by atoms with Crippen molar-refractivity contribution in [2.75, 3.05) is 11.5 Å². The van der Waals surface area contributed by atoms with Crippen LogP contribution in [0.4, 0.5) is 5.13 Å². The Morgan fingerprint density at radius 2 is 1.71 bits per heavy atom. The summed E-state index contributed by atoms with van der Waals surface area (Å²) in [5, 5.41) is 20.4. The van der Waals surface area contributed by atoms with E-state index in [1.54, 1.807) is 24.3 Å². The molecule has 0 saturated carbocycles. The number of aliphatic hydroxyl groups is 1. The second kappa shape index (κ2) is 13.4. The van der Waals surface area contributed by atoms with E-state index in [4.69, 9.17) is 4.74 Å². The number of ether oxygens (including phenoxy) is 1. The van der Waals surface area contributed by atoms with Crippen LogP contribution in [0.5, 0.6) is 5.75 Å². The maximum atomic E-state index is 13.5. The highest BCUT2D eigenvalue weighted by atomic mass is 32.2. The fraction of sp³-hybridized carbons (Fsp3) is 0.273. The minimum atomic E-state index is -0.855. The quantitative estimate of drug-likeness (QED) is 0.0470. The number of nitrogens with zero attached hydrogens (tertiary/aromatic N) is 3. The zero-order valence-corrected chi connectivity index (χ0v) is 25.5. The first-order valence-corrected chi connectivity index (χ1v) is 15.8. The molecule has 1 amide bonds. The third-order valence-electron chi connectivity index (χ3n) is 7.06. The molecule has 4 aromatic rings. The topological polar surface area (TPSA) is 92.6 Å². The lowest BCUT2D eigenvalue weighted by molar-refractivity contribution is -0.132. The largest absolute Gasteiger partial charge is 0.507 e. The van der Waals surface area contributed by atoms with Crippen LogP contribution in [-0.4, -0.2) is 33.6 Å². The summed E-state index contributed by atoms with van der Waals surface area (Å²) in [4.78, 5) is 28.4. The first-order chi connectivity index (χ1) is 20.4. The molecule has 1 fully saturated rings. The number of hydrogen-bond acceptors (Lipinski definition) is 8. The molecular weight excluding hydrogens is 567 g/mol. The molecule has 5 rings (SSSR count). The molecule has 1 aromatic heterocycles. The highest BCUT2D eigenvalue weighted by Crippen LogP contribution is 2.44. The number of anilines is 1. The van der Waals surface area contributed by atoms with Crippen LogP contribution >= 0.6 is 23.1 Å². The molecule has 0 radical (unpaired) electrons. The number of carbonyl (C=O) groups excluding carboxylic acids is 2. The molecular formula is C33H33N3O4S2. The predicted octanol–water partition coefficient (Wildman–Crippen LogP) is 7.76. The molecule has 1 aliphatic heterocycles. The number of ketones is 1. The van der Waals surface area contributed by atoms with Gasteiger partial charge in [-0.2, -0.15) is 0 Å². The van der Waals surface area contributed by atoms with Crippen molar-refractivity contribution in [3.8, 4) is 5.75 Å². The first-order valence-electron chi connectivity index (χ1n) is 14.0. The summed E-state index contributed by atoms with van der Waals surface area (Å²) in [7, 11) is 0. The first kappa shape index (κ1) is 29.5. The Hall–Kier alpha value is -3.95. The van der Waals surface area contributed by atoms with Gasteiger partial charge in [-0.05, 0) is 53.3 Å². The number of aromatic nitrogens is 2. The van der Waals surface area contributed by atoms with Crippen molar-refractivity contribution in [1.29, 1.82) is 0 Å². The maximum Gasteiger partial charge on any atom is 0.301 e. The summed E-state index contributed by atoms with van der Waals surface area (Å²) in [5.74, 6) is -0.0530. The lowest BCUT2D eigenvalue weighted by Gasteiger charge is -2.23. The molecule has 1 saturated heterocycles. The number of thioether (sulfide) groups is 1. The highest BCUT2D eigenvalue weighted by molar-refractivity contribution is 8.00. The summed E-state index contributed by atoms with van der Waals surface area (Å²) in [6.07, 6.45) is 1.97. The van der Waals surface area contributed by atoms with Gasteiger partial charge in [0.2, 0.25) is 5.13 Å².